The molecule has 6 aliphatic rings. The average molecular weight is 345 g/mol. The first-order valence-corrected chi connectivity index (χ1v) is 10.5. The monoisotopic (exact) mass is 344 g/mol. The maximum Gasteiger partial charge on any atom is 0.165 e. The zero-order valence-electron chi connectivity index (χ0n) is 15.7. The fraction of sp³-hybridized carbons (Fsp3) is 0.864. The number of β-amino-alcohol motifs (C(OH)–C–C–N with tert-alkyl or cyclic N) is 1. The van der Waals surface area contributed by atoms with Crippen molar-refractivity contribution in [2.45, 2.75) is 64.4 Å². The largest absolute Gasteiger partial charge is 0.390 e. The molecule has 1 aliphatic heterocycles. The van der Waals surface area contributed by atoms with Crippen LogP contribution >= 0.6 is 0 Å². The van der Waals surface area contributed by atoms with Crippen LogP contribution in [0.2, 0.25) is 0 Å². The van der Waals surface area contributed by atoms with Gasteiger partial charge in [0.1, 0.15) is 19.4 Å². The number of rotatable bonds is 2. The molecule has 1 spiro atoms. The predicted molar refractivity (Wildman–Crippen MR) is 98.7 cm³/mol. The van der Waals surface area contributed by atoms with E-state index >= 15 is 0 Å². The van der Waals surface area contributed by atoms with E-state index in [0.717, 1.165) is 24.6 Å². The summed E-state index contributed by atoms with van der Waals surface area (Å²) in [5, 5.41) is 20.8. The molecule has 0 aromatic rings. The van der Waals surface area contributed by atoms with Crippen molar-refractivity contribution in [3.05, 3.63) is 12.2 Å². The fourth-order valence-electron chi connectivity index (χ4n) is 8.50. The Morgan fingerprint density at radius 3 is 2.80 bits per heavy atom. The third kappa shape index (κ3) is 1.92. The highest BCUT2D eigenvalue weighted by Crippen LogP contribution is 2.72. The normalized spacial score (nSPS) is 53.9. The average Bonchev–Trinajstić information content (AvgIpc) is 2.58. The Hall–Kier alpha value is -0.670. The Morgan fingerprint density at radius 2 is 2.00 bits per heavy atom. The van der Waals surface area contributed by atoms with Crippen molar-refractivity contribution in [3.8, 4) is 0 Å². The van der Waals surface area contributed by atoms with Crippen LogP contribution in [0.5, 0.6) is 0 Å². The molecule has 25 heavy (non-hydrogen) atoms. The Bertz CT molecular complexity index is 642. The SMILES string of the molecule is C=C1[C@@H]2CC[C@]3(CC[C@H]4[C@@]5(C)CCC[C@@]4(C=[N+](CCO)C5)[C@@H]3C2)[C@H]1O. The first kappa shape index (κ1) is 16.5. The Labute approximate surface area is 151 Å². The fourth-order valence-corrected chi connectivity index (χ4v) is 8.50. The third-order valence-corrected chi connectivity index (χ3v) is 9.36. The summed E-state index contributed by atoms with van der Waals surface area (Å²) >= 11 is 0. The molecule has 5 saturated carbocycles. The number of aliphatic hydroxyl groups is 2. The van der Waals surface area contributed by atoms with Crippen LogP contribution in [-0.2, 0) is 0 Å². The van der Waals surface area contributed by atoms with Crippen molar-refractivity contribution >= 4 is 6.21 Å². The molecular formula is C22H34NO2+. The lowest BCUT2D eigenvalue weighted by Crippen LogP contribution is -2.68. The quantitative estimate of drug-likeness (QED) is 0.597. The van der Waals surface area contributed by atoms with Gasteiger partial charge in [0, 0.05) is 10.8 Å². The van der Waals surface area contributed by atoms with Crippen molar-refractivity contribution in [1.82, 2.24) is 0 Å². The van der Waals surface area contributed by atoms with Gasteiger partial charge in [0.2, 0.25) is 0 Å². The highest BCUT2D eigenvalue weighted by molar-refractivity contribution is 5.65. The minimum Gasteiger partial charge on any atom is -0.390 e. The molecule has 0 aromatic heterocycles. The first-order valence-electron chi connectivity index (χ1n) is 10.5. The molecule has 2 N–H and O–H groups in total. The van der Waals surface area contributed by atoms with Crippen LogP contribution in [0.15, 0.2) is 12.2 Å². The van der Waals surface area contributed by atoms with E-state index in [1.807, 2.05) is 0 Å². The van der Waals surface area contributed by atoms with Gasteiger partial charge in [-0.15, -0.1) is 0 Å². The number of hydrogen-bond donors (Lipinski definition) is 2. The van der Waals surface area contributed by atoms with Crippen LogP contribution in [0, 0.1) is 34.0 Å². The van der Waals surface area contributed by atoms with Gasteiger partial charge in [0.05, 0.1) is 11.5 Å². The van der Waals surface area contributed by atoms with E-state index in [2.05, 4.69) is 24.3 Å². The van der Waals surface area contributed by atoms with Crippen molar-refractivity contribution in [1.29, 1.82) is 0 Å². The molecule has 0 aromatic carbocycles. The molecule has 4 bridgehead atoms. The maximum atomic E-state index is 11.2. The molecule has 7 atom stereocenters. The Morgan fingerprint density at radius 1 is 1.20 bits per heavy atom. The number of aliphatic hydroxyl groups excluding tert-OH is 2. The van der Waals surface area contributed by atoms with Gasteiger partial charge in [0.25, 0.3) is 0 Å². The Balaban J connectivity index is 1.65. The van der Waals surface area contributed by atoms with Crippen LogP contribution in [0.4, 0.5) is 0 Å². The third-order valence-electron chi connectivity index (χ3n) is 9.36. The van der Waals surface area contributed by atoms with Crippen molar-refractivity contribution in [2.75, 3.05) is 19.7 Å². The number of nitrogens with zero attached hydrogens (tertiary/aromatic N) is 1. The van der Waals surface area contributed by atoms with Gasteiger partial charge in [-0.25, -0.2) is 4.58 Å². The minimum absolute atomic E-state index is 0.0826. The zero-order valence-corrected chi connectivity index (χ0v) is 15.7. The molecule has 6 rings (SSSR count). The highest BCUT2D eigenvalue weighted by atomic mass is 16.3. The summed E-state index contributed by atoms with van der Waals surface area (Å²) < 4.78 is 2.44. The number of hydrogen-bond acceptors (Lipinski definition) is 2. The summed E-state index contributed by atoms with van der Waals surface area (Å²) in [5.74, 6) is 1.91. The van der Waals surface area contributed by atoms with Gasteiger partial charge in [-0.1, -0.05) is 19.9 Å². The van der Waals surface area contributed by atoms with Crippen molar-refractivity contribution in [2.24, 2.45) is 34.0 Å². The zero-order chi connectivity index (χ0) is 17.4. The molecule has 0 saturated heterocycles. The lowest BCUT2D eigenvalue weighted by Gasteiger charge is -2.68. The molecule has 1 heterocycles. The van der Waals surface area contributed by atoms with Crippen LogP contribution in [0.3, 0.4) is 0 Å². The smallest absolute Gasteiger partial charge is 0.165 e. The summed E-state index contributed by atoms with van der Waals surface area (Å²) in [6, 6.07) is 0. The second-order valence-corrected chi connectivity index (χ2v) is 10.3. The molecular weight excluding hydrogens is 310 g/mol. The number of fused-ring (bicyclic) bond motifs is 2. The molecule has 5 fully saturated rings. The lowest BCUT2D eigenvalue weighted by atomic mass is 9.35. The van der Waals surface area contributed by atoms with E-state index in [0.29, 0.717) is 17.3 Å². The molecule has 3 nitrogen and oxygen atoms in total. The summed E-state index contributed by atoms with van der Waals surface area (Å²) in [6.45, 7) is 8.93. The molecule has 3 heteroatoms. The van der Waals surface area contributed by atoms with E-state index in [-0.39, 0.29) is 23.5 Å². The van der Waals surface area contributed by atoms with Crippen molar-refractivity contribution < 1.29 is 14.8 Å². The topological polar surface area (TPSA) is 43.5 Å². The van der Waals surface area contributed by atoms with Gasteiger partial charge >= 0.3 is 0 Å². The van der Waals surface area contributed by atoms with Crippen LogP contribution in [-0.4, -0.2) is 46.8 Å². The van der Waals surface area contributed by atoms with E-state index < -0.39 is 0 Å². The van der Waals surface area contributed by atoms with Gasteiger partial charge in [-0.3, -0.25) is 0 Å². The summed E-state index contributed by atoms with van der Waals surface area (Å²) in [4.78, 5) is 0. The van der Waals surface area contributed by atoms with E-state index in [9.17, 15) is 10.2 Å². The van der Waals surface area contributed by atoms with E-state index in [1.165, 1.54) is 51.4 Å². The summed E-state index contributed by atoms with van der Waals surface area (Å²) in [7, 11) is 0. The molecule has 0 amide bonds. The highest BCUT2D eigenvalue weighted by Gasteiger charge is 2.70. The van der Waals surface area contributed by atoms with E-state index in [1.54, 1.807) is 0 Å². The molecule has 0 radical (unpaired) electrons. The lowest BCUT2D eigenvalue weighted by molar-refractivity contribution is -0.560. The standard InChI is InChI=1S/C22H34NO2/c1-15-16-4-8-21(19(15)25)9-5-17-20(2)6-3-7-22(17,18(21)12-16)14-23(13-20)10-11-24/h14,16-19,24-25H,1,3-13H2,2H3/q+1/t16-,17+,18-,19+,20+,21-,22+/m1/s1. The van der Waals surface area contributed by atoms with Gasteiger partial charge in [-0.2, -0.15) is 0 Å². The molecule has 138 valence electrons. The first-order chi connectivity index (χ1) is 12.0. The van der Waals surface area contributed by atoms with Gasteiger partial charge in [0.15, 0.2) is 6.54 Å². The van der Waals surface area contributed by atoms with Crippen LogP contribution in [0.25, 0.3) is 0 Å². The molecule has 0 unspecified atom stereocenters. The maximum absolute atomic E-state index is 11.2. The van der Waals surface area contributed by atoms with Gasteiger partial charge < -0.3 is 10.2 Å². The second kappa shape index (κ2) is 5.19. The minimum atomic E-state index is -0.282. The van der Waals surface area contributed by atoms with Crippen LogP contribution in [0.1, 0.15) is 58.3 Å². The van der Waals surface area contributed by atoms with Crippen LogP contribution < -0.4 is 0 Å². The van der Waals surface area contributed by atoms with Gasteiger partial charge in [-0.05, 0) is 68.3 Å². The summed E-state index contributed by atoms with van der Waals surface area (Å²) in [5.41, 5.74) is 1.85. The summed E-state index contributed by atoms with van der Waals surface area (Å²) in [6.07, 6.45) is 12.4. The Kier molecular flexibility index (Phi) is 3.43. The molecule has 5 aliphatic carbocycles. The second-order valence-electron chi connectivity index (χ2n) is 10.3. The predicted octanol–water partition coefficient (Wildman–Crippen LogP) is 3.00. The van der Waals surface area contributed by atoms with Crippen molar-refractivity contribution in [3.63, 3.8) is 0 Å². The van der Waals surface area contributed by atoms with E-state index in [4.69, 9.17) is 0 Å².